The number of carbonyl (C=O) groups excluding carboxylic acids is 3. The number of anilines is 1. The summed E-state index contributed by atoms with van der Waals surface area (Å²) in [5.41, 5.74) is 0.550. The van der Waals surface area contributed by atoms with Crippen LogP contribution in [0.1, 0.15) is 17.3 Å². The monoisotopic (exact) mass is 410 g/mol. The summed E-state index contributed by atoms with van der Waals surface area (Å²) in [5, 5.41) is 4.75. The molecule has 0 heterocycles. The van der Waals surface area contributed by atoms with Gasteiger partial charge in [0.1, 0.15) is 12.3 Å². The number of nitrogens with one attached hydrogen (secondary N) is 2. The molecule has 0 spiro atoms. The molecule has 0 fully saturated rings. The number of benzene rings is 2. The highest BCUT2D eigenvalue weighted by Gasteiger charge is 2.31. The third kappa shape index (κ3) is 7.53. The summed E-state index contributed by atoms with van der Waals surface area (Å²) in [6.07, 6.45) is -6.01. The first-order chi connectivity index (χ1) is 13.6. The lowest BCUT2D eigenvalue weighted by atomic mass is 10.2. The molecule has 0 radical (unpaired) electrons. The first-order valence-electron chi connectivity index (χ1n) is 8.33. The summed E-state index contributed by atoms with van der Waals surface area (Å²) in [4.78, 5) is 35.7. The second-order valence-corrected chi connectivity index (χ2v) is 5.74. The quantitative estimate of drug-likeness (QED) is 0.685. The number of ether oxygens (including phenoxy) is 2. The molecule has 0 bridgehead atoms. The smallest absolute Gasteiger partial charge is 0.451 e. The Morgan fingerprint density at radius 1 is 1.00 bits per heavy atom. The van der Waals surface area contributed by atoms with Gasteiger partial charge in [0.15, 0.2) is 6.10 Å². The van der Waals surface area contributed by atoms with Gasteiger partial charge in [-0.2, -0.15) is 0 Å². The zero-order valence-corrected chi connectivity index (χ0v) is 15.2. The van der Waals surface area contributed by atoms with Gasteiger partial charge in [-0.25, -0.2) is 0 Å². The van der Waals surface area contributed by atoms with Crippen molar-refractivity contribution in [2.45, 2.75) is 19.4 Å². The molecular formula is C19H17F3N2O5. The van der Waals surface area contributed by atoms with Crippen molar-refractivity contribution < 1.29 is 37.0 Å². The van der Waals surface area contributed by atoms with Crippen LogP contribution in [0, 0.1) is 0 Å². The second-order valence-electron chi connectivity index (χ2n) is 5.74. The first-order valence-corrected chi connectivity index (χ1v) is 8.33. The maximum Gasteiger partial charge on any atom is 0.573 e. The molecular weight excluding hydrogens is 393 g/mol. The molecule has 2 rings (SSSR count). The topological polar surface area (TPSA) is 93.7 Å². The maximum atomic E-state index is 12.1. The highest BCUT2D eigenvalue weighted by molar-refractivity contribution is 5.97. The van der Waals surface area contributed by atoms with Crippen molar-refractivity contribution in [2.75, 3.05) is 11.9 Å². The molecule has 154 valence electrons. The molecule has 0 saturated carbocycles. The van der Waals surface area contributed by atoms with E-state index in [1.165, 1.54) is 19.1 Å². The lowest BCUT2D eigenvalue weighted by Crippen LogP contribution is -2.35. The van der Waals surface area contributed by atoms with E-state index >= 15 is 0 Å². The van der Waals surface area contributed by atoms with Gasteiger partial charge in [-0.1, -0.05) is 18.2 Å². The summed E-state index contributed by atoms with van der Waals surface area (Å²) in [7, 11) is 0. The minimum Gasteiger partial charge on any atom is -0.451 e. The Bertz CT molecular complexity index is 854. The van der Waals surface area contributed by atoms with Gasteiger partial charge in [0.25, 0.3) is 11.8 Å². The van der Waals surface area contributed by atoms with Crippen molar-refractivity contribution in [1.82, 2.24) is 5.32 Å². The first kappa shape index (κ1) is 21.7. The van der Waals surface area contributed by atoms with E-state index in [0.717, 1.165) is 12.1 Å². The lowest BCUT2D eigenvalue weighted by Gasteiger charge is -2.14. The number of carbonyl (C=O) groups is 3. The van der Waals surface area contributed by atoms with Crippen molar-refractivity contribution in [1.29, 1.82) is 0 Å². The van der Waals surface area contributed by atoms with E-state index in [0.29, 0.717) is 5.56 Å². The Kier molecular flexibility index (Phi) is 7.18. The van der Waals surface area contributed by atoms with Crippen molar-refractivity contribution in [2.24, 2.45) is 0 Å². The number of halogens is 3. The van der Waals surface area contributed by atoms with Crippen LogP contribution in [0.2, 0.25) is 0 Å². The Hall–Kier alpha value is -3.56. The van der Waals surface area contributed by atoms with Gasteiger partial charge in [-0.3, -0.25) is 14.4 Å². The second kappa shape index (κ2) is 9.58. The van der Waals surface area contributed by atoms with Crippen LogP contribution in [-0.4, -0.2) is 36.8 Å². The highest BCUT2D eigenvalue weighted by Crippen LogP contribution is 2.24. The summed E-state index contributed by atoms with van der Waals surface area (Å²) in [6.45, 7) is 0.877. The zero-order valence-electron chi connectivity index (χ0n) is 15.2. The largest absolute Gasteiger partial charge is 0.573 e. The van der Waals surface area contributed by atoms with Crippen LogP contribution in [0.5, 0.6) is 5.75 Å². The van der Waals surface area contributed by atoms with Crippen LogP contribution in [0.3, 0.4) is 0 Å². The van der Waals surface area contributed by atoms with Crippen LogP contribution in [0.25, 0.3) is 0 Å². The summed E-state index contributed by atoms with van der Waals surface area (Å²) in [6, 6.07) is 12.7. The molecule has 29 heavy (non-hydrogen) atoms. The van der Waals surface area contributed by atoms with Gasteiger partial charge < -0.3 is 20.1 Å². The van der Waals surface area contributed by atoms with Crippen molar-refractivity contribution in [3.05, 3.63) is 60.2 Å². The molecule has 0 saturated heterocycles. The molecule has 2 amide bonds. The number of rotatable bonds is 7. The Morgan fingerprint density at radius 2 is 1.62 bits per heavy atom. The standard InChI is InChI=1S/C19H17F3N2O5/c1-12(28-16(25)11-23-18(27)13-5-3-2-4-6-13)17(26)24-14-7-9-15(10-8-14)29-19(20,21)22/h2-10,12H,11H2,1H3,(H,23,27)(H,24,26). The SMILES string of the molecule is CC(OC(=O)CNC(=O)c1ccccc1)C(=O)Nc1ccc(OC(F)(F)F)cc1. The fraction of sp³-hybridized carbons (Fsp3) is 0.211. The van der Waals surface area contributed by atoms with Gasteiger partial charge >= 0.3 is 12.3 Å². The number of amides is 2. The van der Waals surface area contributed by atoms with Gasteiger partial charge in [-0.05, 0) is 43.3 Å². The Morgan fingerprint density at radius 3 is 2.21 bits per heavy atom. The predicted molar refractivity (Wildman–Crippen MR) is 96.1 cm³/mol. The lowest BCUT2D eigenvalue weighted by molar-refractivity contribution is -0.274. The van der Waals surface area contributed by atoms with Crippen molar-refractivity contribution in [3.63, 3.8) is 0 Å². The molecule has 7 nitrogen and oxygen atoms in total. The molecule has 0 aliphatic rings. The van der Waals surface area contributed by atoms with E-state index < -0.39 is 42.5 Å². The Balaban J connectivity index is 1.79. The third-order valence-electron chi connectivity index (χ3n) is 3.46. The van der Waals surface area contributed by atoms with Gasteiger partial charge in [0, 0.05) is 11.3 Å². The molecule has 10 heteroatoms. The average Bonchev–Trinajstić information content (AvgIpc) is 2.67. The fourth-order valence-electron chi connectivity index (χ4n) is 2.12. The van der Waals surface area contributed by atoms with Gasteiger partial charge in [0.2, 0.25) is 0 Å². The van der Waals surface area contributed by atoms with Crippen LogP contribution >= 0.6 is 0 Å². The average molecular weight is 410 g/mol. The fourth-order valence-corrected chi connectivity index (χ4v) is 2.12. The van der Waals surface area contributed by atoms with Crippen molar-refractivity contribution >= 4 is 23.5 Å². The molecule has 0 aliphatic carbocycles. The van der Waals surface area contributed by atoms with E-state index in [-0.39, 0.29) is 5.69 Å². The Labute approximate surface area is 163 Å². The van der Waals surface area contributed by atoms with Gasteiger partial charge in [0.05, 0.1) is 0 Å². The highest BCUT2D eigenvalue weighted by atomic mass is 19.4. The van der Waals surface area contributed by atoms with E-state index in [9.17, 15) is 27.6 Å². The molecule has 0 aliphatic heterocycles. The number of esters is 1. The molecule has 1 atom stereocenters. The molecule has 2 aromatic rings. The minimum absolute atomic E-state index is 0.185. The summed E-state index contributed by atoms with van der Waals surface area (Å²) >= 11 is 0. The molecule has 2 N–H and O–H groups in total. The number of hydrogen-bond acceptors (Lipinski definition) is 5. The summed E-state index contributed by atoms with van der Waals surface area (Å²) in [5.74, 6) is -2.44. The molecule has 0 aromatic heterocycles. The maximum absolute atomic E-state index is 12.1. The number of hydrogen-bond donors (Lipinski definition) is 2. The van der Waals surface area contributed by atoms with Crippen molar-refractivity contribution in [3.8, 4) is 5.75 Å². The third-order valence-corrected chi connectivity index (χ3v) is 3.46. The van der Waals surface area contributed by atoms with E-state index in [1.54, 1.807) is 30.3 Å². The molecule has 2 aromatic carbocycles. The minimum atomic E-state index is -4.82. The normalized spacial score (nSPS) is 11.9. The predicted octanol–water partition coefficient (Wildman–Crippen LogP) is 2.89. The van der Waals surface area contributed by atoms with E-state index in [4.69, 9.17) is 4.74 Å². The zero-order chi connectivity index (χ0) is 21.4. The molecule has 1 unspecified atom stereocenters. The van der Waals surface area contributed by atoms with Crippen LogP contribution in [0.4, 0.5) is 18.9 Å². The van der Waals surface area contributed by atoms with Crippen LogP contribution in [-0.2, 0) is 14.3 Å². The van der Waals surface area contributed by atoms with Gasteiger partial charge in [-0.15, -0.1) is 13.2 Å². The number of alkyl halides is 3. The summed E-state index contributed by atoms with van der Waals surface area (Å²) < 4.78 is 45.0. The van der Waals surface area contributed by atoms with Crippen LogP contribution < -0.4 is 15.4 Å². The van der Waals surface area contributed by atoms with Crippen LogP contribution in [0.15, 0.2) is 54.6 Å². The van der Waals surface area contributed by atoms with E-state index in [2.05, 4.69) is 15.4 Å². The van der Waals surface area contributed by atoms with E-state index in [1.807, 2.05) is 0 Å².